The predicted octanol–water partition coefficient (Wildman–Crippen LogP) is 4.65. The van der Waals surface area contributed by atoms with Gasteiger partial charge in [0.1, 0.15) is 5.75 Å². The molecule has 0 spiro atoms. The average Bonchev–Trinajstić information content (AvgIpc) is 3.17. The van der Waals surface area contributed by atoms with Crippen LogP contribution in [0.4, 0.5) is 13.2 Å². The number of alkyl halides is 3. The van der Waals surface area contributed by atoms with Crippen molar-refractivity contribution in [3.63, 3.8) is 0 Å². The van der Waals surface area contributed by atoms with Crippen LogP contribution < -0.4 is 4.74 Å². The van der Waals surface area contributed by atoms with E-state index in [-0.39, 0.29) is 17.2 Å². The molecule has 1 aliphatic rings. The Morgan fingerprint density at radius 3 is 2.51 bits per heavy atom. The highest BCUT2D eigenvalue weighted by Gasteiger charge is 2.42. The van der Waals surface area contributed by atoms with Gasteiger partial charge in [0, 0.05) is 30.8 Å². The van der Waals surface area contributed by atoms with Crippen molar-refractivity contribution in [1.82, 2.24) is 24.7 Å². The summed E-state index contributed by atoms with van der Waals surface area (Å²) in [6.07, 6.45) is -3.37. The molecule has 35 heavy (non-hydrogen) atoms. The van der Waals surface area contributed by atoms with Crippen LogP contribution in [0.15, 0.2) is 54.7 Å². The van der Waals surface area contributed by atoms with E-state index in [1.54, 1.807) is 35.0 Å². The van der Waals surface area contributed by atoms with Crippen molar-refractivity contribution in [3.05, 3.63) is 66.1 Å². The zero-order chi connectivity index (χ0) is 24.7. The molecule has 0 unspecified atom stereocenters. The maximum absolute atomic E-state index is 13.0. The molecular formula is C25H22F3N5O2. The predicted molar refractivity (Wildman–Crippen MR) is 123 cm³/mol. The van der Waals surface area contributed by atoms with Crippen molar-refractivity contribution in [1.29, 1.82) is 0 Å². The van der Waals surface area contributed by atoms with Gasteiger partial charge >= 0.3 is 12.1 Å². The fraction of sp³-hybridized carbons (Fsp3) is 0.280. The molecule has 0 amide bonds. The number of hydrogen-bond acceptors (Lipinski definition) is 6. The van der Waals surface area contributed by atoms with Gasteiger partial charge in [-0.15, -0.1) is 0 Å². The largest absolute Gasteiger partial charge is 0.491 e. The highest BCUT2D eigenvalue weighted by atomic mass is 19.4. The SMILES string of the molecule is CCN1CC(c2ccc(-c3ccc(-c4ccn5nc(C)cc5c4)cc3OC(=O)C(F)(F)F)nn2)C1. The number of fused-ring (bicyclic) bond motifs is 1. The summed E-state index contributed by atoms with van der Waals surface area (Å²) >= 11 is 0. The first-order valence-electron chi connectivity index (χ1n) is 11.2. The van der Waals surface area contributed by atoms with Crippen LogP contribution in [-0.2, 0) is 4.79 Å². The number of nitrogens with zero attached hydrogens (tertiary/aromatic N) is 5. The fourth-order valence-corrected chi connectivity index (χ4v) is 4.18. The van der Waals surface area contributed by atoms with E-state index in [4.69, 9.17) is 4.74 Å². The number of rotatable bonds is 5. The van der Waals surface area contributed by atoms with Crippen LogP contribution in [0.1, 0.15) is 24.2 Å². The Kier molecular flexibility index (Phi) is 5.76. The number of likely N-dealkylation sites (tertiary alicyclic amines) is 1. The van der Waals surface area contributed by atoms with Crippen LogP contribution in [-0.4, -0.2) is 56.5 Å². The number of carbonyl (C=O) groups excluding carboxylic acids is 1. The van der Waals surface area contributed by atoms with Gasteiger partial charge in [0.2, 0.25) is 0 Å². The summed E-state index contributed by atoms with van der Waals surface area (Å²) in [5.41, 5.74) is 4.38. The van der Waals surface area contributed by atoms with Crippen LogP contribution in [0.3, 0.4) is 0 Å². The molecule has 1 fully saturated rings. The number of halogens is 3. The Balaban J connectivity index is 1.50. The van der Waals surface area contributed by atoms with Gasteiger partial charge in [-0.05, 0) is 67.1 Å². The number of benzene rings is 1. The Bertz CT molecular complexity index is 1390. The third kappa shape index (κ3) is 4.61. The van der Waals surface area contributed by atoms with Gasteiger partial charge in [-0.25, -0.2) is 9.31 Å². The maximum atomic E-state index is 13.0. The van der Waals surface area contributed by atoms with Crippen LogP contribution in [0.5, 0.6) is 5.75 Å². The Hall–Kier alpha value is -3.79. The van der Waals surface area contributed by atoms with E-state index in [9.17, 15) is 18.0 Å². The minimum Gasteiger partial charge on any atom is -0.419 e. The van der Waals surface area contributed by atoms with Crippen molar-refractivity contribution in [3.8, 4) is 28.1 Å². The minimum atomic E-state index is -5.13. The third-order valence-electron chi connectivity index (χ3n) is 6.12. The monoisotopic (exact) mass is 481 g/mol. The number of ether oxygens (including phenoxy) is 1. The molecule has 0 aliphatic carbocycles. The van der Waals surface area contributed by atoms with E-state index in [1.165, 1.54) is 6.07 Å². The molecule has 0 bridgehead atoms. The molecule has 0 N–H and O–H groups in total. The molecule has 7 nitrogen and oxygen atoms in total. The zero-order valence-corrected chi connectivity index (χ0v) is 19.1. The topological polar surface area (TPSA) is 72.6 Å². The molecule has 0 atom stereocenters. The van der Waals surface area contributed by atoms with Crippen molar-refractivity contribution < 1.29 is 22.7 Å². The minimum absolute atomic E-state index is 0.239. The summed E-state index contributed by atoms with van der Waals surface area (Å²) in [5.74, 6) is -2.25. The highest BCUT2D eigenvalue weighted by Crippen LogP contribution is 2.35. The number of esters is 1. The number of likely N-dealkylation sites (N-methyl/N-ethyl adjacent to an activating group) is 1. The third-order valence-corrected chi connectivity index (χ3v) is 6.12. The van der Waals surface area contributed by atoms with Gasteiger partial charge in [-0.3, -0.25) is 0 Å². The molecule has 0 radical (unpaired) electrons. The second kappa shape index (κ2) is 8.77. The first-order valence-corrected chi connectivity index (χ1v) is 11.2. The number of aromatic nitrogens is 4. The molecule has 3 aromatic heterocycles. The molecule has 10 heteroatoms. The van der Waals surface area contributed by atoms with Crippen molar-refractivity contribution in [2.75, 3.05) is 19.6 Å². The lowest BCUT2D eigenvalue weighted by Crippen LogP contribution is -2.44. The summed E-state index contributed by atoms with van der Waals surface area (Å²) in [7, 11) is 0. The van der Waals surface area contributed by atoms with E-state index in [2.05, 4.69) is 27.1 Å². The molecule has 1 aliphatic heterocycles. The summed E-state index contributed by atoms with van der Waals surface area (Å²) < 4.78 is 45.5. The second-order valence-electron chi connectivity index (χ2n) is 8.56. The van der Waals surface area contributed by atoms with E-state index in [1.807, 2.05) is 25.1 Å². The normalized spacial score (nSPS) is 14.8. The lowest BCUT2D eigenvalue weighted by Gasteiger charge is -2.37. The standard InChI is InChI=1S/C25H22F3N5O2/c1-3-32-13-18(14-32)21-6-7-22(30-29-21)20-5-4-16(12-23(20)35-24(34)25(26,27)28)17-8-9-33-19(11-17)10-15(2)31-33/h4-12,18H,3,13-14H2,1-2H3. The van der Waals surface area contributed by atoms with Crippen LogP contribution in [0, 0.1) is 6.92 Å². The van der Waals surface area contributed by atoms with Gasteiger partial charge in [0.05, 0.1) is 22.6 Å². The Morgan fingerprint density at radius 1 is 1.06 bits per heavy atom. The van der Waals surface area contributed by atoms with Gasteiger partial charge in [0.15, 0.2) is 0 Å². The molecule has 1 aromatic carbocycles. The van der Waals surface area contributed by atoms with Gasteiger partial charge in [-0.1, -0.05) is 13.0 Å². The summed E-state index contributed by atoms with van der Waals surface area (Å²) in [6.45, 7) is 6.72. The molecule has 180 valence electrons. The number of pyridine rings is 1. The van der Waals surface area contributed by atoms with Crippen LogP contribution in [0.25, 0.3) is 27.9 Å². The molecular weight excluding hydrogens is 459 g/mol. The first-order chi connectivity index (χ1) is 16.7. The molecule has 5 rings (SSSR count). The summed E-state index contributed by atoms with van der Waals surface area (Å²) in [6, 6.07) is 13.8. The molecule has 4 heterocycles. The Labute approximate surface area is 199 Å². The average molecular weight is 481 g/mol. The van der Waals surface area contributed by atoms with Gasteiger partial charge in [-0.2, -0.15) is 28.5 Å². The molecule has 1 saturated heterocycles. The summed E-state index contributed by atoms with van der Waals surface area (Å²) in [4.78, 5) is 14.0. The van der Waals surface area contributed by atoms with E-state index < -0.39 is 12.1 Å². The maximum Gasteiger partial charge on any atom is 0.491 e. The van der Waals surface area contributed by atoms with Gasteiger partial charge < -0.3 is 9.64 Å². The quantitative estimate of drug-likeness (QED) is 0.305. The zero-order valence-electron chi connectivity index (χ0n) is 19.1. The van der Waals surface area contributed by atoms with E-state index in [0.29, 0.717) is 11.3 Å². The van der Waals surface area contributed by atoms with Gasteiger partial charge in [0.25, 0.3) is 0 Å². The second-order valence-corrected chi connectivity index (χ2v) is 8.56. The number of aryl methyl sites for hydroxylation is 1. The molecule has 4 aromatic rings. The lowest BCUT2D eigenvalue weighted by molar-refractivity contribution is -0.189. The first kappa shape index (κ1) is 23.0. The van der Waals surface area contributed by atoms with Crippen molar-refractivity contribution in [2.24, 2.45) is 0 Å². The highest BCUT2D eigenvalue weighted by molar-refractivity contribution is 5.83. The molecule has 0 saturated carbocycles. The smallest absolute Gasteiger partial charge is 0.419 e. The Morgan fingerprint density at radius 2 is 1.83 bits per heavy atom. The fourth-order valence-electron chi connectivity index (χ4n) is 4.18. The van der Waals surface area contributed by atoms with Crippen molar-refractivity contribution >= 4 is 11.5 Å². The van der Waals surface area contributed by atoms with E-state index >= 15 is 0 Å². The number of hydrogen-bond donors (Lipinski definition) is 0. The van der Waals surface area contributed by atoms with Crippen LogP contribution >= 0.6 is 0 Å². The van der Waals surface area contributed by atoms with Crippen molar-refractivity contribution in [2.45, 2.75) is 25.9 Å². The lowest BCUT2D eigenvalue weighted by atomic mass is 9.96. The van der Waals surface area contributed by atoms with E-state index in [0.717, 1.165) is 42.1 Å². The van der Waals surface area contributed by atoms with Crippen LogP contribution in [0.2, 0.25) is 0 Å². The number of carbonyl (C=O) groups is 1. The summed E-state index contributed by atoms with van der Waals surface area (Å²) in [5, 5.41) is 12.8.